The second kappa shape index (κ2) is 4.67. The second-order valence-corrected chi connectivity index (χ2v) is 2.92. The molecule has 0 spiro atoms. The van der Waals surface area contributed by atoms with Crippen molar-refractivity contribution in [2.24, 2.45) is 7.05 Å². The number of nitrogens with one attached hydrogen (secondary N) is 1. The van der Waals surface area contributed by atoms with Crippen LogP contribution in [0.1, 0.15) is 0 Å². The molecule has 0 fully saturated rings. The Morgan fingerprint density at radius 1 is 1.77 bits per heavy atom. The summed E-state index contributed by atoms with van der Waals surface area (Å²) in [6.45, 7) is 5.16. The molecule has 0 radical (unpaired) electrons. The Labute approximate surface area is 78.2 Å². The Hall–Kier alpha value is -1.29. The van der Waals surface area contributed by atoms with Gasteiger partial charge in [0.05, 0.1) is 12.4 Å². The van der Waals surface area contributed by atoms with Crippen LogP contribution in [0.25, 0.3) is 0 Å². The fourth-order valence-corrected chi connectivity index (χ4v) is 0.960. The minimum atomic E-state index is 0.534. The summed E-state index contributed by atoms with van der Waals surface area (Å²) in [5.74, 6) is 0.778. The maximum atomic E-state index is 5.42. The monoisotopic (exact) mass is 181 g/mol. The largest absolute Gasteiger partial charge is 0.486 e. The molecule has 1 rings (SSSR count). The predicted octanol–water partition coefficient (Wildman–Crippen LogP) is 0.574. The van der Waals surface area contributed by atoms with Crippen LogP contribution in [0.4, 0.5) is 0 Å². The van der Waals surface area contributed by atoms with Crippen LogP contribution in [-0.2, 0) is 7.05 Å². The summed E-state index contributed by atoms with van der Waals surface area (Å²) in [6, 6.07) is 0. The van der Waals surface area contributed by atoms with Crippen LogP contribution < -0.4 is 10.1 Å². The summed E-state index contributed by atoms with van der Waals surface area (Å²) in [5, 5.41) is 7.00. The van der Waals surface area contributed by atoms with E-state index in [4.69, 9.17) is 4.74 Å². The number of rotatable bonds is 5. The van der Waals surface area contributed by atoms with Gasteiger partial charge in [0, 0.05) is 13.6 Å². The van der Waals surface area contributed by atoms with Gasteiger partial charge in [0.15, 0.2) is 5.75 Å². The molecule has 72 valence electrons. The minimum Gasteiger partial charge on any atom is -0.486 e. The molecule has 4 nitrogen and oxygen atoms in total. The van der Waals surface area contributed by atoms with Gasteiger partial charge in [0.25, 0.3) is 0 Å². The average Bonchev–Trinajstić information content (AvgIpc) is 2.49. The molecule has 4 heteroatoms. The van der Waals surface area contributed by atoms with E-state index in [9.17, 15) is 0 Å². The average molecular weight is 181 g/mol. The Bertz CT molecular complexity index is 280. The Morgan fingerprint density at radius 3 is 3.08 bits per heavy atom. The quantitative estimate of drug-likeness (QED) is 0.675. The topological polar surface area (TPSA) is 39.1 Å². The molecule has 0 unspecified atom stereocenters. The van der Waals surface area contributed by atoms with Gasteiger partial charge >= 0.3 is 0 Å². The molecular weight excluding hydrogens is 166 g/mol. The lowest BCUT2D eigenvalue weighted by Gasteiger charge is -2.05. The van der Waals surface area contributed by atoms with Crippen molar-refractivity contribution in [3.8, 4) is 5.75 Å². The van der Waals surface area contributed by atoms with Crippen molar-refractivity contribution in [2.45, 2.75) is 0 Å². The van der Waals surface area contributed by atoms with Gasteiger partial charge in [-0.15, -0.1) is 0 Å². The van der Waals surface area contributed by atoms with Crippen molar-refractivity contribution in [2.75, 3.05) is 20.2 Å². The molecule has 0 saturated carbocycles. The van der Waals surface area contributed by atoms with Crippen LogP contribution in [0.2, 0.25) is 0 Å². The number of nitrogens with zero attached hydrogens (tertiary/aromatic N) is 2. The zero-order valence-electron chi connectivity index (χ0n) is 8.08. The van der Waals surface area contributed by atoms with Crippen molar-refractivity contribution in [1.29, 1.82) is 0 Å². The summed E-state index contributed by atoms with van der Waals surface area (Å²) in [6.07, 6.45) is 3.51. The summed E-state index contributed by atoms with van der Waals surface area (Å²) < 4.78 is 7.12. The Morgan fingerprint density at radius 2 is 2.54 bits per heavy atom. The third kappa shape index (κ3) is 3.29. The van der Waals surface area contributed by atoms with E-state index in [0.29, 0.717) is 6.61 Å². The van der Waals surface area contributed by atoms with E-state index in [-0.39, 0.29) is 0 Å². The van der Waals surface area contributed by atoms with E-state index in [1.807, 2.05) is 20.3 Å². The van der Waals surface area contributed by atoms with Crippen LogP contribution in [0.5, 0.6) is 5.75 Å². The SMILES string of the molecule is C=C(CNC)COc1cnn(C)c1. The van der Waals surface area contributed by atoms with E-state index >= 15 is 0 Å². The lowest BCUT2D eigenvalue weighted by molar-refractivity contribution is 0.349. The number of hydrogen-bond donors (Lipinski definition) is 1. The molecule has 1 heterocycles. The molecule has 0 atom stereocenters. The van der Waals surface area contributed by atoms with Gasteiger partial charge in [-0.2, -0.15) is 5.10 Å². The summed E-state index contributed by atoms with van der Waals surface area (Å²) >= 11 is 0. The molecule has 13 heavy (non-hydrogen) atoms. The van der Waals surface area contributed by atoms with Crippen molar-refractivity contribution in [3.63, 3.8) is 0 Å². The van der Waals surface area contributed by atoms with Gasteiger partial charge in [-0.25, -0.2) is 0 Å². The summed E-state index contributed by atoms with van der Waals surface area (Å²) in [5.41, 5.74) is 1.02. The highest BCUT2D eigenvalue weighted by molar-refractivity contribution is 5.13. The van der Waals surface area contributed by atoms with Crippen molar-refractivity contribution in [1.82, 2.24) is 15.1 Å². The number of ether oxygens (including phenoxy) is 1. The molecule has 0 bridgehead atoms. The molecule has 0 amide bonds. The van der Waals surface area contributed by atoms with E-state index in [2.05, 4.69) is 17.0 Å². The third-order valence-electron chi connectivity index (χ3n) is 1.55. The Kier molecular flexibility index (Phi) is 3.52. The molecule has 1 N–H and O–H groups in total. The van der Waals surface area contributed by atoms with E-state index in [1.165, 1.54) is 0 Å². The molecule has 0 aliphatic carbocycles. The predicted molar refractivity (Wildman–Crippen MR) is 51.8 cm³/mol. The van der Waals surface area contributed by atoms with E-state index < -0.39 is 0 Å². The van der Waals surface area contributed by atoms with E-state index in [1.54, 1.807) is 10.9 Å². The third-order valence-corrected chi connectivity index (χ3v) is 1.55. The van der Waals surface area contributed by atoms with Gasteiger partial charge in [-0.3, -0.25) is 4.68 Å². The number of likely N-dealkylation sites (N-methyl/N-ethyl adjacent to an activating group) is 1. The highest BCUT2D eigenvalue weighted by Crippen LogP contribution is 2.07. The molecule has 0 saturated heterocycles. The fraction of sp³-hybridized carbons (Fsp3) is 0.444. The second-order valence-electron chi connectivity index (χ2n) is 2.92. The maximum Gasteiger partial charge on any atom is 0.157 e. The summed E-state index contributed by atoms with van der Waals surface area (Å²) in [7, 11) is 3.74. The first-order valence-corrected chi connectivity index (χ1v) is 4.15. The standard InChI is InChI=1S/C9H15N3O/c1-8(4-10-2)7-13-9-5-11-12(3)6-9/h5-6,10H,1,4,7H2,2-3H3. The van der Waals surface area contributed by atoms with Gasteiger partial charge in [0.1, 0.15) is 6.61 Å². The van der Waals surface area contributed by atoms with Gasteiger partial charge in [0.2, 0.25) is 0 Å². The number of hydrogen-bond acceptors (Lipinski definition) is 3. The maximum absolute atomic E-state index is 5.42. The van der Waals surface area contributed by atoms with Crippen molar-refractivity contribution in [3.05, 3.63) is 24.5 Å². The lowest BCUT2D eigenvalue weighted by Crippen LogP contribution is -2.14. The van der Waals surface area contributed by atoms with Crippen LogP contribution in [0.3, 0.4) is 0 Å². The number of aromatic nitrogens is 2. The molecule has 1 aromatic rings. The fourth-order valence-electron chi connectivity index (χ4n) is 0.960. The lowest BCUT2D eigenvalue weighted by atomic mass is 10.3. The molecule has 0 aromatic carbocycles. The molecular formula is C9H15N3O. The molecule has 1 aromatic heterocycles. The Balaban J connectivity index is 2.30. The first kappa shape index (κ1) is 9.80. The van der Waals surface area contributed by atoms with Gasteiger partial charge in [-0.1, -0.05) is 6.58 Å². The van der Waals surface area contributed by atoms with Crippen LogP contribution in [0, 0.1) is 0 Å². The molecule has 0 aliphatic rings. The van der Waals surface area contributed by atoms with E-state index in [0.717, 1.165) is 17.9 Å². The molecule has 0 aliphatic heterocycles. The minimum absolute atomic E-state index is 0.534. The first-order chi connectivity index (χ1) is 6.22. The zero-order chi connectivity index (χ0) is 9.68. The van der Waals surface area contributed by atoms with Gasteiger partial charge < -0.3 is 10.1 Å². The van der Waals surface area contributed by atoms with Gasteiger partial charge in [-0.05, 0) is 12.6 Å². The van der Waals surface area contributed by atoms with Crippen molar-refractivity contribution < 1.29 is 4.74 Å². The highest BCUT2D eigenvalue weighted by Gasteiger charge is 1.97. The van der Waals surface area contributed by atoms with Crippen LogP contribution in [-0.4, -0.2) is 30.0 Å². The first-order valence-electron chi connectivity index (χ1n) is 4.15. The smallest absolute Gasteiger partial charge is 0.157 e. The zero-order valence-corrected chi connectivity index (χ0v) is 8.08. The summed E-state index contributed by atoms with van der Waals surface area (Å²) in [4.78, 5) is 0. The number of aryl methyl sites for hydroxylation is 1. The highest BCUT2D eigenvalue weighted by atomic mass is 16.5. The normalized spacial score (nSPS) is 10.0. The van der Waals surface area contributed by atoms with Crippen LogP contribution >= 0.6 is 0 Å². The van der Waals surface area contributed by atoms with Crippen molar-refractivity contribution >= 4 is 0 Å². The van der Waals surface area contributed by atoms with Crippen LogP contribution in [0.15, 0.2) is 24.5 Å².